The van der Waals surface area contributed by atoms with Crippen LogP contribution in [0.3, 0.4) is 0 Å². The lowest BCUT2D eigenvalue weighted by atomic mass is 10.2. The number of ether oxygens (including phenoxy) is 2. The molecule has 88 valence electrons. The number of hydrogen-bond donors (Lipinski definition) is 0. The van der Waals surface area contributed by atoms with Crippen molar-refractivity contribution in [2.45, 2.75) is 45.6 Å². The molecule has 0 saturated heterocycles. The standard InChI is InChI=1S/C12H22O3/c1-5-6-7-8-9-14-10-11(13)15-12(2,3)4/h5H,1,6-10H2,2-4H3. The summed E-state index contributed by atoms with van der Waals surface area (Å²) in [5, 5.41) is 0. The number of unbranched alkanes of at least 4 members (excludes halogenated alkanes) is 2. The number of rotatable bonds is 7. The van der Waals surface area contributed by atoms with Crippen LogP contribution >= 0.6 is 0 Å². The lowest BCUT2D eigenvalue weighted by Crippen LogP contribution is -2.26. The number of carbonyl (C=O) groups is 1. The predicted octanol–water partition coefficient (Wildman–Crippen LogP) is 2.70. The summed E-state index contributed by atoms with van der Waals surface area (Å²) in [6.45, 7) is 9.81. The molecule has 15 heavy (non-hydrogen) atoms. The molecule has 0 unspecified atom stereocenters. The van der Waals surface area contributed by atoms with Crippen molar-refractivity contribution in [2.24, 2.45) is 0 Å². The summed E-state index contributed by atoms with van der Waals surface area (Å²) in [6.07, 6.45) is 4.89. The van der Waals surface area contributed by atoms with Crippen molar-refractivity contribution in [1.29, 1.82) is 0 Å². The minimum atomic E-state index is -0.427. The normalized spacial score (nSPS) is 11.1. The molecule has 0 spiro atoms. The molecule has 0 aliphatic heterocycles. The maximum Gasteiger partial charge on any atom is 0.332 e. The molecule has 0 aromatic rings. The topological polar surface area (TPSA) is 35.5 Å². The van der Waals surface area contributed by atoms with Crippen molar-refractivity contribution in [3.8, 4) is 0 Å². The van der Waals surface area contributed by atoms with Gasteiger partial charge in [0.15, 0.2) is 0 Å². The summed E-state index contributed by atoms with van der Waals surface area (Å²) < 4.78 is 10.3. The Balaban J connectivity index is 3.36. The quantitative estimate of drug-likeness (QED) is 0.371. The van der Waals surface area contributed by atoms with Gasteiger partial charge in [0.2, 0.25) is 0 Å². The Morgan fingerprint density at radius 3 is 2.53 bits per heavy atom. The van der Waals surface area contributed by atoms with E-state index in [2.05, 4.69) is 6.58 Å². The van der Waals surface area contributed by atoms with E-state index in [1.165, 1.54) is 0 Å². The maximum absolute atomic E-state index is 11.2. The highest BCUT2D eigenvalue weighted by molar-refractivity contribution is 5.71. The Hall–Kier alpha value is -0.830. The molecule has 0 saturated carbocycles. The Kier molecular flexibility index (Phi) is 7.05. The minimum absolute atomic E-state index is 0.0470. The molecule has 3 nitrogen and oxygen atoms in total. The molecular weight excluding hydrogens is 192 g/mol. The van der Waals surface area contributed by atoms with Gasteiger partial charge in [0, 0.05) is 6.61 Å². The molecule has 0 atom stereocenters. The fraction of sp³-hybridized carbons (Fsp3) is 0.750. The van der Waals surface area contributed by atoms with E-state index >= 15 is 0 Å². The van der Waals surface area contributed by atoms with Crippen LogP contribution in [-0.2, 0) is 14.3 Å². The third-order valence-electron chi connectivity index (χ3n) is 1.59. The van der Waals surface area contributed by atoms with Gasteiger partial charge in [0.25, 0.3) is 0 Å². The Labute approximate surface area is 92.5 Å². The van der Waals surface area contributed by atoms with E-state index in [-0.39, 0.29) is 12.6 Å². The van der Waals surface area contributed by atoms with Gasteiger partial charge in [-0.2, -0.15) is 0 Å². The highest BCUT2D eigenvalue weighted by Gasteiger charge is 2.15. The van der Waals surface area contributed by atoms with E-state index in [1.807, 2.05) is 26.8 Å². The van der Waals surface area contributed by atoms with Crippen LogP contribution < -0.4 is 0 Å². The van der Waals surface area contributed by atoms with Crippen LogP contribution in [0.5, 0.6) is 0 Å². The van der Waals surface area contributed by atoms with Crippen LogP contribution in [0, 0.1) is 0 Å². The third kappa shape index (κ3) is 11.1. The van der Waals surface area contributed by atoms with Crippen molar-refractivity contribution in [3.63, 3.8) is 0 Å². The average molecular weight is 214 g/mol. The summed E-state index contributed by atoms with van der Waals surface area (Å²) in [4.78, 5) is 11.2. The van der Waals surface area contributed by atoms with Gasteiger partial charge in [-0.3, -0.25) is 0 Å². The smallest absolute Gasteiger partial charge is 0.332 e. The number of allylic oxidation sites excluding steroid dienone is 1. The second-order valence-electron chi connectivity index (χ2n) is 4.42. The molecule has 0 aliphatic carbocycles. The molecule has 0 aliphatic rings. The Bertz CT molecular complexity index is 192. The molecule has 0 aromatic carbocycles. The van der Waals surface area contributed by atoms with Crippen LogP contribution in [0.1, 0.15) is 40.0 Å². The highest BCUT2D eigenvalue weighted by atomic mass is 16.6. The van der Waals surface area contributed by atoms with Gasteiger partial charge < -0.3 is 9.47 Å². The van der Waals surface area contributed by atoms with Crippen molar-refractivity contribution in [1.82, 2.24) is 0 Å². The zero-order chi connectivity index (χ0) is 11.7. The third-order valence-corrected chi connectivity index (χ3v) is 1.59. The molecule has 3 heteroatoms. The van der Waals surface area contributed by atoms with E-state index in [0.29, 0.717) is 6.61 Å². The summed E-state index contributed by atoms with van der Waals surface area (Å²) in [5.74, 6) is -0.300. The highest BCUT2D eigenvalue weighted by Crippen LogP contribution is 2.06. The largest absolute Gasteiger partial charge is 0.458 e. The van der Waals surface area contributed by atoms with Crippen LogP contribution in [0.15, 0.2) is 12.7 Å². The van der Waals surface area contributed by atoms with E-state index in [0.717, 1.165) is 19.3 Å². The zero-order valence-corrected chi connectivity index (χ0v) is 10.0. The average Bonchev–Trinajstić information content (AvgIpc) is 2.08. The first-order chi connectivity index (χ1) is 6.95. The summed E-state index contributed by atoms with van der Waals surface area (Å²) in [5.41, 5.74) is -0.427. The number of hydrogen-bond acceptors (Lipinski definition) is 3. The molecule has 0 rings (SSSR count). The fourth-order valence-electron chi connectivity index (χ4n) is 1.02. The lowest BCUT2D eigenvalue weighted by molar-refractivity contribution is -0.160. The molecule has 0 bridgehead atoms. The maximum atomic E-state index is 11.2. The molecule has 0 N–H and O–H groups in total. The van der Waals surface area contributed by atoms with Crippen molar-refractivity contribution < 1.29 is 14.3 Å². The minimum Gasteiger partial charge on any atom is -0.458 e. The van der Waals surface area contributed by atoms with Crippen LogP contribution in [-0.4, -0.2) is 24.8 Å². The first kappa shape index (κ1) is 14.2. The van der Waals surface area contributed by atoms with Gasteiger partial charge >= 0.3 is 5.97 Å². The van der Waals surface area contributed by atoms with E-state index < -0.39 is 5.60 Å². The van der Waals surface area contributed by atoms with Crippen molar-refractivity contribution in [2.75, 3.05) is 13.2 Å². The SMILES string of the molecule is C=CCCCCOCC(=O)OC(C)(C)C. The second-order valence-corrected chi connectivity index (χ2v) is 4.42. The monoisotopic (exact) mass is 214 g/mol. The molecule has 0 amide bonds. The molecule has 0 aromatic heterocycles. The summed E-state index contributed by atoms with van der Waals surface area (Å²) >= 11 is 0. The van der Waals surface area contributed by atoms with Crippen LogP contribution in [0.4, 0.5) is 0 Å². The summed E-state index contributed by atoms with van der Waals surface area (Å²) in [6, 6.07) is 0. The first-order valence-electron chi connectivity index (χ1n) is 5.36. The van der Waals surface area contributed by atoms with Crippen LogP contribution in [0.25, 0.3) is 0 Å². The molecule has 0 radical (unpaired) electrons. The van der Waals surface area contributed by atoms with Crippen molar-refractivity contribution in [3.05, 3.63) is 12.7 Å². The Morgan fingerprint density at radius 1 is 1.33 bits per heavy atom. The van der Waals surface area contributed by atoms with E-state index in [4.69, 9.17) is 9.47 Å². The first-order valence-corrected chi connectivity index (χ1v) is 5.36. The van der Waals surface area contributed by atoms with Crippen LogP contribution in [0.2, 0.25) is 0 Å². The lowest BCUT2D eigenvalue weighted by Gasteiger charge is -2.19. The molecule has 0 heterocycles. The predicted molar refractivity (Wildman–Crippen MR) is 60.7 cm³/mol. The number of carbonyl (C=O) groups excluding carboxylic acids is 1. The fourth-order valence-corrected chi connectivity index (χ4v) is 1.02. The second kappa shape index (κ2) is 7.46. The molecule has 0 fully saturated rings. The molecular formula is C12H22O3. The van der Waals surface area contributed by atoms with Gasteiger partial charge in [-0.25, -0.2) is 4.79 Å². The van der Waals surface area contributed by atoms with Gasteiger partial charge in [-0.1, -0.05) is 6.08 Å². The van der Waals surface area contributed by atoms with Crippen molar-refractivity contribution >= 4 is 5.97 Å². The van der Waals surface area contributed by atoms with E-state index in [1.54, 1.807) is 0 Å². The van der Waals surface area contributed by atoms with E-state index in [9.17, 15) is 4.79 Å². The van der Waals surface area contributed by atoms with Gasteiger partial charge in [-0.15, -0.1) is 6.58 Å². The van der Waals surface area contributed by atoms with Gasteiger partial charge in [0.05, 0.1) is 0 Å². The number of esters is 1. The van der Waals surface area contributed by atoms with Gasteiger partial charge in [0.1, 0.15) is 12.2 Å². The van der Waals surface area contributed by atoms with Gasteiger partial charge in [-0.05, 0) is 40.0 Å². The summed E-state index contributed by atoms with van der Waals surface area (Å²) in [7, 11) is 0. The Morgan fingerprint density at radius 2 is 2.00 bits per heavy atom. The zero-order valence-electron chi connectivity index (χ0n) is 10.0.